The maximum atomic E-state index is 3.05. The first-order chi connectivity index (χ1) is 9.65. The number of aryl methyl sites for hydroxylation is 2. The molecular weight excluding hydrogens is 259 g/mol. The highest BCUT2D eigenvalue weighted by Crippen LogP contribution is 2.33. The summed E-state index contributed by atoms with van der Waals surface area (Å²) in [6, 6.07) is 6.96. The van der Waals surface area contributed by atoms with Crippen LogP contribution in [-0.4, -0.2) is 0 Å². The number of hydrogen-bond donors (Lipinski definition) is 0. The summed E-state index contributed by atoms with van der Waals surface area (Å²) in [6.45, 7) is 4.40. The van der Waals surface area contributed by atoms with Gasteiger partial charge in [-0.2, -0.15) is 0 Å². The molecule has 111 valence electrons. The van der Waals surface area contributed by atoms with Crippen molar-refractivity contribution in [1.82, 2.24) is 0 Å². The van der Waals surface area contributed by atoms with Crippen LogP contribution in [0.2, 0.25) is 0 Å². The lowest BCUT2D eigenvalue weighted by Gasteiger charge is -2.21. The van der Waals surface area contributed by atoms with Crippen molar-refractivity contribution in [2.45, 2.75) is 77.3 Å². The van der Waals surface area contributed by atoms with Gasteiger partial charge in [-0.3, -0.25) is 0 Å². The maximum absolute atomic E-state index is 3.05. The zero-order valence-electron chi connectivity index (χ0n) is 13.3. The van der Waals surface area contributed by atoms with Crippen LogP contribution in [0.3, 0.4) is 0 Å². The van der Waals surface area contributed by atoms with Crippen LogP contribution in [0.25, 0.3) is 0 Å². The van der Waals surface area contributed by atoms with E-state index in [1.54, 1.807) is 0 Å². The van der Waals surface area contributed by atoms with Crippen LogP contribution in [0, 0.1) is 19.8 Å². The Morgan fingerprint density at radius 3 is 2.25 bits per heavy atom. The van der Waals surface area contributed by atoms with Crippen LogP contribution < -0.4 is 0 Å². The Hall–Kier alpha value is -0.350. The summed E-state index contributed by atoms with van der Waals surface area (Å²) < 4.78 is 0. The van der Waals surface area contributed by atoms with Crippen molar-refractivity contribution in [3.8, 4) is 0 Å². The van der Waals surface area contributed by atoms with Gasteiger partial charge in [-0.25, -0.2) is 0 Å². The summed E-state index contributed by atoms with van der Waals surface area (Å²) in [7, 11) is 3.05. The van der Waals surface area contributed by atoms with Crippen molar-refractivity contribution in [3.05, 3.63) is 40.8 Å². The standard InChI is InChI=1S/C19H30P/c1-15-12-16(2)14-18(13-15)19(20)11-7-6-10-17-8-4-3-5-9-17/h12-14,19H,3-11,20H2,1-2H3. The normalized spacial score (nSPS) is 18.1. The Morgan fingerprint density at radius 2 is 1.60 bits per heavy atom. The van der Waals surface area contributed by atoms with Crippen molar-refractivity contribution < 1.29 is 0 Å². The maximum Gasteiger partial charge on any atom is -0.00144 e. The van der Waals surface area contributed by atoms with E-state index in [0.717, 1.165) is 0 Å². The molecule has 1 aliphatic carbocycles. The fraction of sp³-hybridized carbons (Fsp3) is 0.632. The summed E-state index contributed by atoms with van der Waals surface area (Å²) in [6.07, 6.45) is 12.7. The van der Waals surface area contributed by atoms with E-state index in [0.29, 0.717) is 5.66 Å². The summed E-state index contributed by atoms with van der Waals surface area (Å²) in [5.74, 6) is 1.85. The molecule has 1 fully saturated rings. The second kappa shape index (κ2) is 8.18. The van der Waals surface area contributed by atoms with Crippen LogP contribution in [0.5, 0.6) is 0 Å². The molecule has 2 unspecified atom stereocenters. The van der Waals surface area contributed by atoms with Gasteiger partial charge in [-0.15, -0.1) is 9.24 Å². The van der Waals surface area contributed by atoms with Gasteiger partial charge in [0.2, 0.25) is 0 Å². The van der Waals surface area contributed by atoms with Crippen molar-refractivity contribution >= 4 is 9.24 Å². The fourth-order valence-corrected chi connectivity index (χ4v) is 3.86. The summed E-state index contributed by atoms with van der Waals surface area (Å²) >= 11 is 0. The van der Waals surface area contributed by atoms with Crippen LogP contribution in [-0.2, 0) is 0 Å². The fourth-order valence-electron chi connectivity index (χ4n) is 3.43. The predicted molar refractivity (Wildman–Crippen MR) is 93.2 cm³/mol. The zero-order chi connectivity index (χ0) is 14.4. The Kier molecular flexibility index (Phi) is 6.56. The molecule has 0 nitrogen and oxygen atoms in total. The average Bonchev–Trinajstić information content (AvgIpc) is 2.43. The third-order valence-corrected chi connectivity index (χ3v) is 5.25. The van der Waals surface area contributed by atoms with E-state index in [4.69, 9.17) is 0 Å². The molecule has 0 aliphatic heterocycles. The van der Waals surface area contributed by atoms with Gasteiger partial charge in [0.25, 0.3) is 0 Å². The molecule has 0 saturated heterocycles. The number of rotatable bonds is 6. The molecule has 2 rings (SSSR count). The van der Waals surface area contributed by atoms with Gasteiger partial charge in [-0.1, -0.05) is 61.4 Å². The lowest BCUT2D eigenvalue weighted by molar-refractivity contribution is 0.489. The van der Waals surface area contributed by atoms with Gasteiger partial charge in [-0.05, 0) is 56.7 Å². The smallest absolute Gasteiger partial charge is 0.00144 e. The average molecular weight is 289 g/mol. The van der Waals surface area contributed by atoms with E-state index in [-0.39, 0.29) is 0 Å². The van der Waals surface area contributed by atoms with Crippen LogP contribution >= 0.6 is 9.24 Å². The molecule has 1 aliphatic rings. The van der Waals surface area contributed by atoms with Gasteiger partial charge in [0, 0.05) is 0 Å². The lowest BCUT2D eigenvalue weighted by atomic mass is 9.85. The van der Waals surface area contributed by atoms with Gasteiger partial charge in [0.15, 0.2) is 0 Å². The Morgan fingerprint density at radius 1 is 0.950 bits per heavy atom. The molecule has 1 aromatic rings. The third kappa shape index (κ3) is 5.21. The quantitative estimate of drug-likeness (QED) is 0.424. The SMILES string of the molecule is Cc1cc(C)cc(C(P)CCCC[C]2CCCCC2)c1. The van der Waals surface area contributed by atoms with E-state index >= 15 is 0 Å². The molecule has 0 heterocycles. The van der Waals surface area contributed by atoms with E-state index in [1.807, 2.05) is 5.92 Å². The highest BCUT2D eigenvalue weighted by molar-refractivity contribution is 7.17. The first-order valence-corrected chi connectivity index (χ1v) is 8.99. The highest BCUT2D eigenvalue weighted by Gasteiger charge is 2.13. The Balaban J connectivity index is 1.70. The molecule has 0 aromatic heterocycles. The number of hydrogen-bond acceptors (Lipinski definition) is 0. The topological polar surface area (TPSA) is 0 Å². The van der Waals surface area contributed by atoms with Crippen LogP contribution in [0.4, 0.5) is 0 Å². The monoisotopic (exact) mass is 289 g/mol. The predicted octanol–water partition coefficient (Wildman–Crippen LogP) is 6.32. The summed E-state index contributed by atoms with van der Waals surface area (Å²) in [5, 5.41) is 0. The van der Waals surface area contributed by atoms with Gasteiger partial charge >= 0.3 is 0 Å². The number of benzene rings is 1. The number of unbranched alkanes of at least 4 members (excludes halogenated alkanes) is 1. The van der Waals surface area contributed by atoms with Gasteiger partial charge in [0.1, 0.15) is 0 Å². The minimum atomic E-state index is 0.630. The molecule has 1 aromatic carbocycles. The largest absolute Gasteiger partial charge is 0.130 e. The minimum Gasteiger partial charge on any atom is -0.130 e. The second-order valence-electron chi connectivity index (χ2n) is 6.58. The first-order valence-electron chi connectivity index (χ1n) is 8.32. The molecule has 1 saturated carbocycles. The molecule has 0 amide bonds. The van der Waals surface area contributed by atoms with Crippen molar-refractivity contribution in [3.63, 3.8) is 0 Å². The van der Waals surface area contributed by atoms with Gasteiger partial charge in [0.05, 0.1) is 0 Å². The second-order valence-corrected chi connectivity index (χ2v) is 7.39. The van der Waals surface area contributed by atoms with Crippen molar-refractivity contribution in [2.75, 3.05) is 0 Å². The zero-order valence-corrected chi connectivity index (χ0v) is 14.4. The molecule has 0 spiro atoms. The van der Waals surface area contributed by atoms with E-state index in [9.17, 15) is 0 Å². The van der Waals surface area contributed by atoms with Crippen molar-refractivity contribution in [2.24, 2.45) is 0 Å². The van der Waals surface area contributed by atoms with E-state index in [2.05, 4.69) is 41.3 Å². The molecule has 0 bridgehead atoms. The molecular formula is C19H30P. The van der Waals surface area contributed by atoms with E-state index in [1.165, 1.54) is 74.5 Å². The summed E-state index contributed by atoms with van der Waals surface area (Å²) in [4.78, 5) is 0. The minimum absolute atomic E-state index is 0.630. The first kappa shape index (κ1) is 16.0. The third-order valence-electron chi connectivity index (χ3n) is 4.53. The molecule has 2 atom stereocenters. The lowest BCUT2D eigenvalue weighted by Crippen LogP contribution is -2.03. The Labute approximate surface area is 127 Å². The molecule has 1 heteroatoms. The van der Waals surface area contributed by atoms with E-state index < -0.39 is 0 Å². The Bertz CT molecular complexity index is 384. The molecule has 1 radical (unpaired) electrons. The van der Waals surface area contributed by atoms with Crippen molar-refractivity contribution in [1.29, 1.82) is 0 Å². The summed E-state index contributed by atoms with van der Waals surface area (Å²) in [5.41, 5.74) is 4.91. The van der Waals surface area contributed by atoms with Crippen LogP contribution in [0.1, 0.15) is 80.1 Å². The van der Waals surface area contributed by atoms with Crippen LogP contribution in [0.15, 0.2) is 18.2 Å². The molecule has 20 heavy (non-hydrogen) atoms. The van der Waals surface area contributed by atoms with Gasteiger partial charge < -0.3 is 0 Å². The highest BCUT2D eigenvalue weighted by atomic mass is 31.0. The molecule has 0 N–H and O–H groups in total.